The van der Waals surface area contributed by atoms with Gasteiger partial charge in [0.15, 0.2) is 0 Å². The zero-order chi connectivity index (χ0) is 13.8. The molecular formula is C16H28Pb2Zr. The first kappa shape index (κ1) is 20.7. The van der Waals surface area contributed by atoms with Crippen molar-refractivity contribution in [3.63, 3.8) is 0 Å². The van der Waals surface area contributed by atoms with Crippen LogP contribution in [0.25, 0.3) is 0 Å². The summed E-state index contributed by atoms with van der Waals surface area (Å²) in [5.74, 6) is 0. The summed E-state index contributed by atoms with van der Waals surface area (Å²) in [6, 6.07) is 0. The van der Waals surface area contributed by atoms with Crippen molar-refractivity contribution in [3.8, 4) is 0 Å². The summed E-state index contributed by atoms with van der Waals surface area (Å²) in [4.78, 5) is 0. The molecule has 104 valence electrons. The Morgan fingerprint density at radius 3 is 1.21 bits per heavy atom. The second-order valence-electron chi connectivity index (χ2n) is 6.89. The van der Waals surface area contributed by atoms with E-state index in [0.29, 0.717) is 0 Å². The van der Waals surface area contributed by atoms with E-state index >= 15 is 0 Å². The third-order valence-electron chi connectivity index (χ3n) is 3.01. The molecule has 0 atom stereocenters. The molecule has 0 nitrogen and oxygen atoms in total. The summed E-state index contributed by atoms with van der Waals surface area (Å²) < 4.78 is 17.8. The average Bonchev–Trinajstić information content (AvgIpc) is 2.91. The van der Waals surface area contributed by atoms with Crippen LogP contribution in [-0.4, -0.2) is 42.3 Å². The summed E-state index contributed by atoms with van der Waals surface area (Å²) in [6.07, 6.45) is 17.9. The second kappa shape index (κ2) is 8.97. The molecule has 0 saturated carbocycles. The Bertz CT molecular complexity index is 371. The first-order valence-electron chi connectivity index (χ1n) is 6.77. The molecule has 0 N–H and O–H groups in total. The van der Waals surface area contributed by atoms with Gasteiger partial charge in [-0.3, -0.25) is 0 Å². The molecule has 0 spiro atoms. The number of allylic oxidation sites excluding steroid dienone is 8. The summed E-state index contributed by atoms with van der Waals surface area (Å²) in [7, 11) is 0. The molecule has 0 saturated heterocycles. The minimum atomic E-state index is -1.79. The maximum Gasteiger partial charge on any atom is 4.00 e. The van der Waals surface area contributed by atoms with E-state index < -0.39 is 42.3 Å². The molecule has 2 aliphatic carbocycles. The SMILES string of the molecule is [CH3][Pb]([CH3])([CH3])[C]1=[C-]CC=C1.[CH3][Pb]([CH3])([CH3])[C]1=[C-]CC=C1.[H-].[H-].[Zr+4]. The Morgan fingerprint density at radius 1 is 0.789 bits per heavy atom. The van der Waals surface area contributed by atoms with Crippen LogP contribution in [0.1, 0.15) is 15.7 Å². The van der Waals surface area contributed by atoms with Gasteiger partial charge in [-0.1, -0.05) is 0 Å². The number of hydrogen-bond acceptors (Lipinski definition) is 0. The van der Waals surface area contributed by atoms with E-state index in [1.165, 1.54) is 0 Å². The van der Waals surface area contributed by atoms with Crippen molar-refractivity contribution in [3.05, 3.63) is 42.7 Å². The van der Waals surface area contributed by atoms with Gasteiger partial charge in [-0.2, -0.15) is 0 Å². The fourth-order valence-corrected chi connectivity index (χ4v) is 11.6. The first-order chi connectivity index (χ1) is 8.21. The molecule has 0 aromatic rings. The van der Waals surface area contributed by atoms with Crippen LogP contribution in [0.15, 0.2) is 30.6 Å². The second-order valence-corrected chi connectivity index (χ2v) is 46.1. The zero-order valence-electron chi connectivity index (χ0n) is 15.2. The average molecular weight is 726 g/mol. The van der Waals surface area contributed by atoms with Gasteiger partial charge < -0.3 is 2.85 Å². The van der Waals surface area contributed by atoms with Crippen LogP contribution >= 0.6 is 0 Å². The van der Waals surface area contributed by atoms with Crippen molar-refractivity contribution in [2.24, 2.45) is 0 Å². The van der Waals surface area contributed by atoms with Crippen LogP contribution in [0.4, 0.5) is 0 Å². The van der Waals surface area contributed by atoms with Crippen molar-refractivity contribution in [1.82, 2.24) is 0 Å². The monoisotopic (exact) mass is 726 g/mol. The van der Waals surface area contributed by atoms with Gasteiger partial charge in [-0.05, 0) is 0 Å². The Morgan fingerprint density at radius 2 is 1.11 bits per heavy atom. The molecule has 0 aromatic heterocycles. The Labute approximate surface area is 151 Å². The largest absolute Gasteiger partial charge is 4.00 e. The van der Waals surface area contributed by atoms with Gasteiger partial charge in [-0.25, -0.2) is 0 Å². The van der Waals surface area contributed by atoms with E-state index in [1.807, 2.05) is 0 Å². The van der Waals surface area contributed by atoms with Gasteiger partial charge >= 0.3 is 151 Å². The van der Waals surface area contributed by atoms with E-state index in [-0.39, 0.29) is 29.1 Å². The maximum absolute atomic E-state index is 3.40. The van der Waals surface area contributed by atoms with Crippen molar-refractivity contribution >= 4 is 42.3 Å². The summed E-state index contributed by atoms with van der Waals surface area (Å²) in [6.45, 7) is 0. The van der Waals surface area contributed by atoms with Gasteiger partial charge in [0.25, 0.3) is 0 Å². The quantitative estimate of drug-likeness (QED) is 0.267. The van der Waals surface area contributed by atoms with E-state index in [0.717, 1.165) is 12.8 Å². The predicted octanol–water partition coefficient (Wildman–Crippen LogP) is 5.33. The van der Waals surface area contributed by atoms with Gasteiger partial charge in [0.2, 0.25) is 0 Å². The Kier molecular flexibility index (Phi) is 9.76. The van der Waals surface area contributed by atoms with Gasteiger partial charge in [0.05, 0.1) is 0 Å². The summed E-state index contributed by atoms with van der Waals surface area (Å²) in [5, 5.41) is 0. The summed E-state index contributed by atoms with van der Waals surface area (Å²) in [5.41, 5.74) is 0. The molecule has 0 radical (unpaired) electrons. The van der Waals surface area contributed by atoms with Crippen molar-refractivity contribution < 1.29 is 29.1 Å². The molecule has 0 aliphatic heterocycles. The van der Waals surface area contributed by atoms with Crippen molar-refractivity contribution in [2.75, 3.05) is 0 Å². The molecule has 0 aromatic carbocycles. The molecule has 19 heavy (non-hydrogen) atoms. The fraction of sp³-hybridized carbons (Fsp3) is 0.500. The van der Waals surface area contributed by atoms with Crippen molar-refractivity contribution in [2.45, 2.75) is 39.7 Å². The molecular weight excluding hydrogens is 698 g/mol. The van der Waals surface area contributed by atoms with Crippen LogP contribution in [0.5, 0.6) is 0 Å². The minimum absolute atomic E-state index is 0. The van der Waals surface area contributed by atoms with Gasteiger partial charge in [-0.15, -0.1) is 0 Å². The van der Waals surface area contributed by atoms with E-state index in [9.17, 15) is 0 Å². The zero-order valence-corrected chi connectivity index (χ0v) is 23.5. The molecule has 2 aliphatic rings. The predicted molar refractivity (Wildman–Crippen MR) is 89.9 cm³/mol. The Balaban J connectivity index is -0.000000270. The standard InChI is InChI=1S/2C5H4.6CH3.2Pb.Zr.2H/c2*1-2-4-5-3-1;;;;;;;;;;;/h2*1-2H,3H2;6*1H3;;;;;/q2*-1;;;;;;;;;+4;2*-1. The fourth-order valence-electron chi connectivity index (χ4n) is 1.84. The molecule has 0 fully saturated rings. The van der Waals surface area contributed by atoms with Gasteiger partial charge in [0, 0.05) is 0 Å². The van der Waals surface area contributed by atoms with Crippen LogP contribution < -0.4 is 0 Å². The van der Waals surface area contributed by atoms with Crippen LogP contribution in [-0.2, 0) is 26.2 Å². The smallest absolute Gasteiger partial charge is 1.00 e. The van der Waals surface area contributed by atoms with E-state index in [2.05, 4.69) is 63.4 Å². The molecule has 2 rings (SSSR count). The van der Waals surface area contributed by atoms with Crippen LogP contribution in [0.2, 0.25) is 26.9 Å². The molecule has 0 unspecified atom stereocenters. The number of hydrogen-bond donors (Lipinski definition) is 0. The third-order valence-corrected chi connectivity index (χ3v) is 18.2. The topological polar surface area (TPSA) is 0 Å². The third kappa shape index (κ3) is 8.03. The molecule has 3 heteroatoms. The Hall–Kier alpha value is 1.69. The van der Waals surface area contributed by atoms with Crippen LogP contribution in [0.3, 0.4) is 0 Å². The number of rotatable bonds is 2. The maximum atomic E-state index is 3.40. The van der Waals surface area contributed by atoms with Gasteiger partial charge in [0.1, 0.15) is 0 Å². The first-order valence-corrected chi connectivity index (χ1v) is 34.0. The van der Waals surface area contributed by atoms with E-state index in [1.54, 1.807) is 6.26 Å². The van der Waals surface area contributed by atoms with E-state index in [4.69, 9.17) is 0 Å². The van der Waals surface area contributed by atoms with Crippen LogP contribution in [0, 0.1) is 12.2 Å². The normalized spacial score (nSPS) is 17.4. The molecule has 0 amide bonds. The molecule has 0 bridgehead atoms. The minimum Gasteiger partial charge on any atom is -1.00 e. The molecule has 0 heterocycles. The summed E-state index contributed by atoms with van der Waals surface area (Å²) >= 11 is -3.58. The van der Waals surface area contributed by atoms with Crippen molar-refractivity contribution in [1.29, 1.82) is 0 Å².